The zero-order valence-corrected chi connectivity index (χ0v) is 14.0. The molecule has 0 bridgehead atoms. The summed E-state index contributed by atoms with van der Waals surface area (Å²) in [6.07, 6.45) is 0.969. The molecule has 0 radical (unpaired) electrons. The molecule has 3 rings (SSSR count). The van der Waals surface area contributed by atoms with E-state index >= 15 is 0 Å². The van der Waals surface area contributed by atoms with Gasteiger partial charge < -0.3 is 10.4 Å². The van der Waals surface area contributed by atoms with Crippen molar-refractivity contribution in [1.29, 1.82) is 0 Å². The molecule has 0 amide bonds. The Morgan fingerprint density at radius 3 is 2.65 bits per heavy atom. The van der Waals surface area contributed by atoms with E-state index in [1.165, 1.54) is 22.9 Å². The molecule has 3 nitrogen and oxygen atoms in total. The maximum Gasteiger partial charge on any atom is 0.336 e. The zero-order valence-electron chi connectivity index (χ0n) is 13.2. The second-order valence-electron chi connectivity index (χ2n) is 6.29. The average molecular weight is 325 g/mol. The first-order valence-corrected chi connectivity index (χ1v) is 8.40. The molecule has 0 atom stereocenters. The zero-order chi connectivity index (χ0) is 16.4. The van der Waals surface area contributed by atoms with Crippen LogP contribution in [0.3, 0.4) is 0 Å². The van der Waals surface area contributed by atoms with E-state index < -0.39 is 5.97 Å². The van der Waals surface area contributed by atoms with Crippen LogP contribution in [-0.2, 0) is 6.42 Å². The van der Waals surface area contributed by atoms with Crippen molar-refractivity contribution in [2.24, 2.45) is 0 Å². The van der Waals surface area contributed by atoms with Crippen LogP contribution in [0.5, 0.6) is 0 Å². The van der Waals surface area contributed by atoms with Crippen LogP contribution >= 0.6 is 11.8 Å². The van der Waals surface area contributed by atoms with Gasteiger partial charge in [-0.25, -0.2) is 4.79 Å². The van der Waals surface area contributed by atoms with E-state index in [0.717, 1.165) is 17.0 Å². The summed E-state index contributed by atoms with van der Waals surface area (Å²) in [5.41, 5.74) is 3.86. The van der Waals surface area contributed by atoms with Crippen LogP contribution in [0.1, 0.15) is 35.3 Å². The van der Waals surface area contributed by atoms with Gasteiger partial charge in [0.25, 0.3) is 0 Å². The Hall–Kier alpha value is -2.20. The average Bonchev–Trinajstić information content (AvgIpc) is 2.51. The smallest absolute Gasteiger partial charge is 0.336 e. The van der Waals surface area contributed by atoms with Crippen molar-refractivity contribution in [2.45, 2.75) is 30.7 Å². The number of fused-ring (bicyclic) bond motifs is 1. The fraction of sp³-hybridized carbons (Fsp3) is 0.211. The van der Waals surface area contributed by atoms with Gasteiger partial charge in [-0.1, -0.05) is 48.2 Å². The number of thioether (sulfide) groups is 1. The predicted octanol–water partition coefficient (Wildman–Crippen LogP) is 4.40. The molecule has 118 valence electrons. The number of hydrogen-bond donors (Lipinski definition) is 2. The SMILES string of the molecule is CC1(C)Cc2ccccc2C(=CSc2ccccc2C(=O)O)N1. The number of carboxylic acid groups (broad SMARTS) is 1. The number of aromatic carboxylic acids is 1. The van der Waals surface area contributed by atoms with Crippen molar-refractivity contribution < 1.29 is 9.90 Å². The van der Waals surface area contributed by atoms with Crippen molar-refractivity contribution in [3.63, 3.8) is 0 Å². The highest BCUT2D eigenvalue weighted by Crippen LogP contribution is 2.33. The fourth-order valence-corrected chi connectivity index (χ4v) is 3.72. The largest absolute Gasteiger partial charge is 0.478 e. The second kappa shape index (κ2) is 6.13. The van der Waals surface area contributed by atoms with Crippen LogP contribution in [0.15, 0.2) is 58.8 Å². The Bertz CT molecular complexity index is 780. The van der Waals surface area contributed by atoms with Gasteiger partial charge in [-0.15, -0.1) is 0 Å². The third-order valence-electron chi connectivity index (χ3n) is 3.83. The van der Waals surface area contributed by atoms with Gasteiger partial charge >= 0.3 is 5.97 Å². The first-order valence-electron chi connectivity index (χ1n) is 7.52. The lowest BCUT2D eigenvalue weighted by atomic mass is 9.86. The Balaban J connectivity index is 1.96. The van der Waals surface area contributed by atoms with Gasteiger partial charge in [-0.05, 0) is 43.4 Å². The van der Waals surface area contributed by atoms with Gasteiger partial charge in [0, 0.05) is 21.7 Å². The first kappa shape index (κ1) is 15.7. The normalized spacial score (nSPS) is 17.4. The topological polar surface area (TPSA) is 49.3 Å². The maximum absolute atomic E-state index is 11.3. The molecule has 0 spiro atoms. The van der Waals surface area contributed by atoms with Crippen LogP contribution in [0.25, 0.3) is 5.70 Å². The summed E-state index contributed by atoms with van der Waals surface area (Å²) in [7, 11) is 0. The Labute approximate surface area is 140 Å². The summed E-state index contributed by atoms with van der Waals surface area (Å²) in [5.74, 6) is -0.899. The minimum Gasteiger partial charge on any atom is -0.478 e. The highest BCUT2D eigenvalue weighted by molar-refractivity contribution is 8.02. The lowest BCUT2D eigenvalue weighted by molar-refractivity contribution is 0.0693. The number of benzene rings is 2. The summed E-state index contributed by atoms with van der Waals surface area (Å²) in [4.78, 5) is 12.1. The molecule has 1 aliphatic heterocycles. The summed E-state index contributed by atoms with van der Waals surface area (Å²) >= 11 is 1.44. The Morgan fingerprint density at radius 1 is 1.17 bits per heavy atom. The fourth-order valence-electron chi connectivity index (χ4n) is 2.85. The lowest BCUT2D eigenvalue weighted by Gasteiger charge is -2.35. The minimum atomic E-state index is -0.899. The number of hydrogen-bond acceptors (Lipinski definition) is 3. The van der Waals surface area contributed by atoms with Crippen molar-refractivity contribution >= 4 is 23.4 Å². The summed E-state index contributed by atoms with van der Waals surface area (Å²) in [6.45, 7) is 4.35. The molecular formula is C19H19NO2S. The molecule has 2 aromatic carbocycles. The molecule has 0 fully saturated rings. The molecule has 4 heteroatoms. The predicted molar refractivity (Wildman–Crippen MR) is 94.6 cm³/mol. The molecule has 2 aromatic rings. The van der Waals surface area contributed by atoms with Crippen molar-refractivity contribution in [3.8, 4) is 0 Å². The number of rotatable bonds is 3. The van der Waals surface area contributed by atoms with Crippen LogP contribution in [0.4, 0.5) is 0 Å². The minimum absolute atomic E-state index is 0.0208. The van der Waals surface area contributed by atoms with Crippen molar-refractivity contribution in [2.75, 3.05) is 0 Å². The van der Waals surface area contributed by atoms with Gasteiger partial charge in [0.05, 0.1) is 5.56 Å². The lowest BCUT2D eigenvalue weighted by Crippen LogP contribution is -2.43. The Morgan fingerprint density at radius 2 is 1.87 bits per heavy atom. The molecule has 0 saturated heterocycles. The summed E-state index contributed by atoms with van der Waals surface area (Å²) < 4.78 is 0. The van der Waals surface area contributed by atoms with Crippen molar-refractivity contribution in [3.05, 3.63) is 70.6 Å². The van der Waals surface area contributed by atoms with Crippen molar-refractivity contribution in [1.82, 2.24) is 5.32 Å². The van der Waals surface area contributed by atoms with Gasteiger partial charge in [0.1, 0.15) is 0 Å². The molecule has 0 saturated carbocycles. The number of carboxylic acids is 1. The van der Waals surface area contributed by atoms with Crippen LogP contribution < -0.4 is 5.32 Å². The summed E-state index contributed by atoms with van der Waals surface area (Å²) in [6, 6.07) is 15.4. The van der Waals surface area contributed by atoms with E-state index in [0.29, 0.717) is 5.56 Å². The molecule has 0 aliphatic carbocycles. The van der Waals surface area contributed by atoms with Gasteiger partial charge in [0.15, 0.2) is 0 Å². The number of nitrogens with one attached hydrogen (secondary N) is 1. The van der Waals surface area contributed by atoms with Crippen LogP contribution in [-0.4, -0.2) is 16.6 Å². The molecule has 1 heterocycles. The van der Waals surface area contributed by atoms with Gasteiger partial charge in [-0.2, -0.15) is 0 Å². The monoisotopic (exact) mass is 325 g/mol. The van der Waals surface area contributed by atoms with E-state index in [9.17, 15) is 9.90 Å². The highest BCUT2D eigenvalue weighted by atomic mass is 32.2. The highest BCUT2D eigenvalue weighted by Gasteiger charge is 2.27. The molecular weight excluding hydrogens is 306 g/mol. The quantitative estimate of drug-likeness (QED) is 0.821. The maximum atomic E-state index is 11.3. The molecule has 0 aromatic heterocycles. The molecule has 2 N–H and O–H groups in total. The van der Waals surface area contributed by atoms with E-state index in [-0.39, 0.29) is 5.54 Å². The molecule has 23 heavy (non-hydrogen) atoms. The second-order valence-corrected chi connectivity index (χ2v) is 7.20. The van der Waals surface area contributed by atoms with E-state index in [4.69, 9.17) is 0 Å². The Kier molecular flexibility index (Phi) is 4.18. The van der Waals surface area contributed by atoms with E-state index in [2.05, 4.69) is 37.4 Å². The van der Waals surface area contributed by atoms with Gasteiger partial charge in [-0.3, -0.25) is 0 Å². The third-order valence-corrected chi connectivity index (χ3v) is 4.80. The van der Waals surface area contributed by atoms with Crippen LogP contribution in [0, 0.1) is 0 Å². The molecule has 1 aliphatic rings. The first-order chi connectivity index (χ1) is 11.0. The summed E-state index contributed by atoms with van der Waals surface area (Å²) in [5, 5.41) is 14.9. The third kappa shape index (κ3) is 3.42. The van der Waals surface area contributed by atoms with E-state index in [1.54, 1.807) is 12.1 Å². The van der Waals surface area contributed by atoms with Crippen LogP contribution in [0.2, 0.25) is 0 Å². The standard InChI is InChI=1S/C19H19NO2S/c1-19(2)11-13-7-3-4-8-14(13)16(20-19)12-23-17-10-6-5-9-15(17)18(21)22/h3-10,12,20H,11H2,1-2H3,(H,21,22). The van der Waals surface area contributed by atoms with Gasteiger partial charge in [0.2, 0.25) is 0 Å². The molecule has 0 unspecified atom stereocenters. The van der Waals surface area contributed by atoms with E-state index in [1.807, 2.05) is 23.6 Å². The number of carbonyl (C=O) groups is 1.